The molecule has 0 fully saturated rings. The van der Waals surface area contributed by atoms with Gasteiger partial charge in [-0.3, -0.25) is 4.79 Å². The molecule has 0 unspecified atom stereocenters. The maximum atomic E-state index is 12.0. The van der Waals surface area contributed by atoms with Crippen LogP contribution >= 0.6 is 0 Å². The SMILES string of the molecule is O=C1N[C@H](c2ccc3ccccc3c2)c2ccccc21. The van der Waals surface area contributed by atoms with Crippen molar-refractivity contribution in [1.82, 2.24) is 5.32 Å². The number of hydrogen-bond donors (Lipinski definition) is 1. The van der Waals surface area contributed by atoms with Crippen molar-refractivity contribution in [2.45, 2.75) is 6.04 Å². The van der Waals surface area contributed by atoms with Crippen LogP contribution in [0, 0.1) is 0 Å². The first-order valence-electron chi connectivity index (χ1n) is 6.71. The van der Waals surface area contributed by atoms with Crippen molar-refractivity contribution in [2.75, 3.05) is 0 Å². The van der Waals surface area contributed by atoms with E-state index in [4.69, 9.17) is 0 Å². The van der Waals surface area contributed by atoms with E-state index >= 15 is 0 Å². The second-order valence-corrected chi connectivity index (χ2v) is 5.10. The summed E-state index contributed by atoms with van der Waals surface area (Å²) >= 11 is 0. The molecular weight excluding hydrogens is 246 g/mol. The first-order chi connectivity index (χ1) is 9.83. The lowest BCUT2D eigenvalue weighted by molar-refractivity contribution is 0.0960. The Bertz CT molecular complexity index is 822. The van der Waals surface area contributed by atoms with E-state index in [1.807, 2.05) is 36.4 Å². The van der Waals surface area contributed by atoms with Crippen LogP contribution in [0.1, 0.15) is 27.5 Å². The fraction of sp³-hybridized carbons (Fsp3) is 0.0556. The monoisotopic (exact) mass is 259 g/mol. The molecule has 0 saturated carbocycles. The zero-order chi connectivity index (χ0) is 13.5. The highest BCUT2D eigenvalue weighted by molar-refractivity contribution is 5.99. The van der Waals surface area contributed by atoms with Crippen molar-refractivity contribution in [3.63, 3.8) is 0 Å². The number of hydrogen-bond acceptors (Lipinski definition) is 1. The Labute approximate surface area is 117 Å². The maximum absolute atomic E-state index is 12.0. The second kappa shape index (κ2) is 4.20. The quantitative estimate of drug-likeness (QED) is 0.709. The van der Waals surface area contributed by atoms with Crippen LogP contribution in [0.15, 0.2) is 66.7 Å². The minimum absolute atomic E-state index is 0.0127. The molecule has 20 heavy (non-hydrogen) atoms. The number of nitrogens with one attached hydrogen (secondary N) is 1. The molecule has 4 rings (SSSR count). The minimum Gasteiger partial charge on any atom is -0.341 e. The molecule has 0 bridgehead atoms. The average molecular weight is 259 g/mol. The summed E-state index contributed by atoms with van der Waals surface area (Å²) in [5, 5.41) is 5.48. The normalized spacial score (nSPS) is 17.0. The van der Waals surface area contributed by atoms with Gasteiger partial charge < -0.3 is 5.32 Å². The number of carbonyl (C=O) groups is 1. The van der Waals surface area contributed by atoms with Crippen LogP contribution in [-0.2, 0) is 0 Å². The summed E-state index contributed by atoms with van der Waals surface area (Å²) in [6.07, 6.45) is 0. The number of benzene rings is 3. The Morgan fingerprint density at radius 1 is 0.800 bits per heavy atom. The molecule has 1 aliphatic heterocycles. The highest BCUT2D eigenvalue weighted by Gasteiger charge is 2.28. The van der Waals surface area contributed by atoms with E-state index in [2.05, 4.69) is 35.6 Å². The summed E-state index contributed by atoms with van der Waals surface area (Å²) in [5.41, 5.74) is 2.97. The van der Waals surface area contributed by atoms with Crippen molar-refractivity contribution < 1.29 is 4.79 Å². The third-order valence-corrected chi connectivity index (χ3v) is 3.90. The Morgan fingerprint density at radius 2 is 1.55 bits per heavy atom. The first-order valence-corrected chi connectivity index (χ1v) is 6.71. The van der Waals surface area contributed by atoms with Gasteiger partial charge >= 0.3 is 0 Å². The molecule has 2 heteroatoms. The van der Waals surface area contributed by atoms with Crippen molar-refractivity contribution in [1.29, 1.82) is 0 Å². The molecule has 0 aromatic heterocycles. The average Bonchev–Trinajstić information content (AvgIpc) is 2.85. The summed E-state index contributed by atoms with van der Waals surface area (Å²) in [5.74, 6) is 0.0127. The van der Waals surface area contributed by atoms with Gasteiger partial charge in [-0.15, -0.1) is 0 Å². The zero-order valence-corrected chi connectivity index (χ0v) is 10.8. The van der Waals surface area contributed by atoms with Crippen molar-refractivity contribution in [3.05, 3.63) is 83.4 Å². The van der Waals surface area contributed by atoms with Crippen LogP contribution in [0.3, 0.4) is 0 Å². The van der Waals surface area contributed by atoms with Crippen LogP contribution in [0.2, 0.25) is 0 Å². The summed E-state index contributed by atoms with van der Waals surface area (Å²) in [4.78, 5) is 12.0. The van der Waals surface area contributed by atoms with Gasteiger partial charge in [0.2, 0.25) is 0 Å². The van der Waals surface area contributed by atoms with E-state index in [1.165, 1.54) is 10.8 Å². The maximum Gasteiger partial charge on any atom is 0.252 e. The lowest BCUT2D eigenvalue weighted by atomic mass is 9.96. The van der Waals surface area contributed by atoms with Gasteiger partial charge in [-0.1, -0.05) is 54.6 Å². The molecule has 3 aromatic carbocycles. The Balaban J connectivity index is 1.86. The van der Waals surface area contributed by atoms with Gasteiger partial charge in [-0.05, 0) is 34.0 Å². The molecule has 3 aromatic rings. The smallest absolute Gasteiger partial charge is 0.252 e. The highest BCUT2D eigenvalue weighted by Crippen LogP contribution is 2.32. The minimum atomic E-state index is -0.0386. The topological polar surface area (TPSA) is 29.1 Å². The predicted molar refractivity (Wildman–Crippen MR) is 79.7 cm³/mol. The van der Waals surface area contributed by atoms with Crippen LogP contribution in [0.25, 0.3) is 10.8 Å². The third kappa shape index (κ3) is 1.62. The van der Waals surface area contributed by atoms with E-state index in [0.29, 0.717) is 0 Å². The van der Waals surface area contributed by atoms with Gasteiger partial charge in [-0.2, -0.15) is 0 Å². The fourth-order valence-corrected chi connectivity index (χ4v) is 2.89. The van der Waals surface area contributed by atoms with Crippen molar-refractivity contribution in [3.8, 4) is 0 Å². The molecular formula is C18H13NO. The van der Waals surface area contributed by atoms with E-state index < -0.39 is 0 Å². The van der Waals surface area contributed by atoms with Crippen molar-refractivity contribution in [2.24, 2.45) is 0 Å². The van der Waals surface area contributed by atoms with E-state index in [9.17, 15) is 4.79 Å². The van der Waals surface area contributed by atoms with E-state index in [-0.39, 0.29) is 11.9 Å². The summed E-state index contributed by atoms with van der Waals surface area (Å²) in [7, 11) is 0. The van der Waals surface area contributed by atoms with Gasteiger partial charge in [-0.25, -0.2) is 0 Å². The number of rotatable bonds is 1. The zero-order valence-electron chi connectivity index (χ0n) is 10.8. The van der Waals surface area contributed by atoms with Gasteiger partial charge in [0, 0.05) is 5.56 Å². The predicted octanol–water partition coefficient (Wildman–Crippen LogP) is 3.67. The number of fused-ring (bicyclic) bond motifs is 2. The standard InChI is InChI=1S/C18H13NO/c20-18-16-8-4-3-7-15(16)17(19-18)14-10-9-12-5-1-2-6-13(12)11-14/h1-11,17H,(H,19,20)/t17-/m1/s1. The highest BCUT2D eigenvalue weighted by atomic mass is 16.2. The van der Waals surface area contributed by atoms with Crippen LogP contribution in [-0.4, -0.2) is 5.91 Å². The van der Waals surface area contributed by atoms with Gasteiger partial charge in [0.15, 0.2) is 0 Å². The van der Waals surface area contributed by atoms with Crippen LogP contribution < -0.4 is 5.32 Å². The lowest BCUT2D eigenvalue weighted by Gasteiger charge is -2.13. The second-order valence-electron chi connectivity index (χ2n) is 5.10. The molecule has 0 radical (unpaired) electrons. The van der Waals surface area contributed by atoms with Crippen molar-refractivity contribution >= 4 is 16.7 Å². The summed E-state index contributed by atoms with van der Waals surface area (Å²) < 4.78 is 0. The molecule has 0 spiro atoms. The number of carbonyl (C=O) groups excluding carboxylic acids is 1. The molecule has 1 amide bonds. The molecule has 1 aliphatic rings. The molecule has 1 atom stereocenters. The Morgan fingerprint density at radius 3 is 2.45 bits per heavy atom. The summed E-state index contributed by atoms with van der Waals surface area (Å²) in [6, 6.07) is 22.4. The molecule has 0 aliphatic carbocycles. The van der Waals surface area contributed by atoms with Crippen LogP contribution in [0.4, 0.5) is 0 Å². The van der Waals surface area contributed by atoms with Gasteiger partial charge in [0.1, 0.15) is 0 Å². The van der Waals surface area contributed by atoms with E-state index in [1.54, 1.807) is 0 Å². The lowest BCUT2D eigenvalue weighted by Crippen LogP contribution is -2.19. The summed E-state index contributed by atoms with van der Waals surface area (Å²) in [6.45, 7) is 0. The third-order valence-electron chi connectivity index (χ3n) is 3.90. The van der Waals surface area contributed by atoms with E-state index in [0.717, 1.165) is 16.7 Å². The molecule has 1 N–H and O–H groups in total. The Kier molecular flexibility index (Phi) is 2.36. The molecule has 2 nitrogen and oxygen atoms in total. The Hall–Kier alpha value is -2.61. The largest absolute Gasteiger partial charge is 0.341 e. The van der Waals surface area contributed by atoms with Gasteiger partial charge in [0.25, 0.3) is 5.91 Å². The molecule has 0 saturated heterocycles. The first kappa shape index (κ1) is 11.2. The number of amides is 1. The van der Waals surface area contributed by atoms with Crippen LogP contribution in [0.5, 0.6) is 0 Å². The fourth-order valence-electron chi connectivity index (χ4n) is 2.89. The molecule has 96 valence electrons. The van der Waals surface area contributed by atoms with Gasteiger partial charge in [0.05, 0.1) is 6.04 Å². The molecule has 1 heterocycles.